The lowest BCUT2D eigenvalue weighted by atomic mass is 10.1. The molecule has 1 amide bonds. The Kier molecular flexibility index (Phi) is 5.05. The first kappa shape index (κ1) is 17.0. The number of carbonyl (C=O) groups excluding carboxylic acids is 1. The minimum Gasteiger partial charge on any atom is -0.479 e. The maximum Gasteiger partial charge on any atom is 0.267 e. The van der Waals surface area contributed by atoms with Crippen molar-refractivity contribution >= 4 is 23.4 Å². The molecular weight excluding hydrogens is 340 g/mol. The number of benzene rings is 2. The van der Waals surface area contributed by atoms with Crippen LogP contribution in [-0.4, -0.2) is 17.2 Å². The maximum absolute atomic E-state index is 12.2. The van der Waals surface area contributed by atoms with E-state index >= 15 is 0 Å². The normalized spacial score (nSPS) is 11.8. The zero-order valence-electron chi connectivity index (χ0n) is 13.8. The van der Waals surface area contributed by atoms with Crippen molar-refractivity contribution < 1.29 is 14.1 Å². The third kappa shape index (κ3) is 4.19. The van der Waals surface area contributed by atoms with Crippen LogP contribution in [-0.2, 0) is 4.79 Å². The third-order valence-corrected chi connectivity index (χ3v) is 3.88. The number of hydrogen-bond acceptors (Lipinski definition) is 4. The van der Waals surface area contributed by atoms with E-state index in [2.05, 4.69) is 10.5 Å². The molecule has 0 fully saturated rings. The SMILES string of the molecule is Cc1cc(NC(=O)C(C)Oc2ccc(-c3ccccc3)cc2Cl)on1. The number of amides is 1. The monoisotopic (exact) mass is 356 g/mol. The summed E-state index contributed by atoms with van der Waals surface area (Å²) in [4.78, 5) is 12.2. The van der Waals surface area contributed by atoms with Gasteiger partial charge in [-0.2, -0.15) is 0 Å². The number of aryl methyl sites for hydroxylation is 1. The molecule has 3 rings (SSSR count). The molecule has 1 N–H and O–H groups in total. The van der Waals surface area contributed by atoms with Crippen molar-refractivity contribution in [2.75, 3.05) is 5.32 Å². The average Bonchev–Trinajstić information content (AvgIpc) is 3.02. The van der Waals surface area contributed by atoms with E-state index in [1.165, 1.54) is 0 Å². The molecule has 0 saturated carbocycles. The van der Waals surface area contributed by atoms with Gasteiger partial charge in [0.1, 0.15) is 5.75 Å². The Morgan fingerprint density at radius 3 is 2.56 bits per heavy atom. The summed E-state index contributed by atoms with van der Waals surface area (Å²) in [6, 6.07) is 17.0. The van der Waals surface area contributed by atoms with Gasteiger partial charge in [-0.1, -0.05) is 53.2 Å². The molecule has 0 aliphatic carbocycles. The van der Waals surface area contributed by atoms with Gasteiger partial charge >= 0.3 is 0 Å². The third-order valence-electron chi connectivity index (χ3n) is 3.59. The first-order valence-electron chi connectivity index (χ1n) is 7.79. The quantitative estimate of drug-likeness (QED) is 0.719. The van der Waals surface area contributed by atoms with Crippen LogP contribution in [0, 0.1) is 6.92 Å². The molecule has 1 aromatic heterocycles. The van der Waals surface area contributed by atoms with Gasteiger partial charge in [0.2, 0.25) is 5.88 Å². The summed E-state index contributed by atoms with van der Waals surface area (Å²) in [7, 11) is 0. The number of carbonyl (C=O) groups is 1. The highest BCUT2D eigenvalue weighted by atomic mass is 35.5. The Balaban J connectivity index is 1.68. The number of hydrogen-bond donors (Lipinski definition) is 1. The van der Waals surface area contributed by atoms with Crippen molar-refractivity contribution in [2.45, 2.75) is 20.0 Å². The van der Waals surface area contributed by atoms with E-state index in [-0.39, 0.29) is 11.8 Å². The second-order valence-corrected chi connectivity index (χ2v) is 6.00. The fourth-order valence-electron chi connectivity index (χ4n) is 2.30. The first-order valence-corrected chi connectivity index (χ1v) is 8.16. The molecule has 3 aromatic rings. The van der Waals surface area contributed by atoms with Gasteiger partial charge in [0, 0.05) is 6.07 Å². The Hall–Kier alpha value is -2.79. The molecule has 0 bridgehead atoms. The molecule has 5 nitrogen and oxygen atoms in total. The first-order chi connectivity index (χ1) is 12.0. The fraction of sp³-hybridized carbons (Fsp3) is 0.158. The molecule has 0 radical (unpaired) electrons. The Bertz CT molecular complexity index is 877. The van der Waals surface area contributed by atoms with Crippen LogP contribution in [0.3, 0.4) is 0 Å². The lowest BCUT2D eigenvalue weighted by Crippen LogP contribution is -2.30. The van der Waals surface area contributed by atoms with Crippen LogP contribution in [0.15, 0.2) is 59.1 Å². The summed E-state index contributed by atoms with van der Waals surface area (Å²) in [5.41, 5.74) is 2.72. The predicted octanol–water partition coefficient (Wildman–Crippen LogP) is 4.71. The van der Waals surface area contributed by atoms with Crippen LogP contribution in [0.4, 0.5) is 5.88 Å². The zero-order chi connectivity index (χ0) is 17.8. The molecule has 0 saturated heterocycles. The molecular formula is C19H17ClN2O3. The summed E-state index contributed by atoms with van der Waals surface area (Å²) in [6.45, 7) is 3.41. The minimum atomic E-state index is -0.745. The minimum absolute atomic E-state index is 0.281. The van der Waals surface area contributed by atoms with Gasteiger partial charge < -0.3 is 9.26 Å². The van der Waals surface area contributed by atoms with Crippen molar-refractivity contribution in [1.82, 2.24) is 5.16 Å². The maximum atomic E-state index is 12.2. The van der Waals surface area contributed by atoms with Crippen LogP contribution < -0.4 is 10.1 Å². The Morgan fingerprint density at radius 1 is 1.16 bits per heavy atom. The smallest absolute Gasteiger partial charge is 0.267 e. The molecule has 1 unspecified atom stereocenters. The average molecular weight is 357 g/mol. The van der Waals surface area contributed by atoms with E-state index < -0.39 is 6.10 Å². The van der Waals surface area contributed by atoms with Gasteiger partial charge in [0.25, 0.3) is 5.91 Å². The van der Waals surface area contributed by atoms with E-state index in [0.717, 1.165) is 11.1 Å². The lowest BCUT2D eigenvalue weighted by molar-refractivity contribution is -0.122. The Labute approximate surface area is 150 Å². The zero-order valence-corrected chi connectivity index (χ0v) is 14.6. The van der Waals surface area contributed by atoms with Crippen molar-refractivity contribution in [1.29, 1.82) is 0 Å². The van der Waals surface area contributed by atoms with Crippen molar-refractivity contribution in [3.05, 3.63) is 65.3 Å². The van der Waals surface area contributed by atoms with Crippen molar-refractivity contribution in [2.24, 2.45) is 0 Å². The number of rotatable bonds is 5. The van der Waals surface area contributed by atoms with Gasteiger partial charge in [0.05, 0.1) is 10.7 Å². The summed E-state index contributed by atoms with van der Waals surface area (Å²) >= 11 is 6.31. The second-order valence-electron chi connectivity index (χ2n) is 5.59. The summed E-state index contributed by atoms with van der Waals surface area (Å²) in [5.74, 6) is 0.376. The van der Waals surface area contributed by atoms with Gasteiger partial charge in [-0.3, -0.25) is 10.1 Å². The van der Waals surface area contributed by atoms with Crippen molar-refractivity contribution in [3.8, 4) is 16.9 Å². The predicted molar refractivity (Wildman–Crippen MR) is 96.8 cm³/mol. The van der Waals surface area contributed by atoms with E-state index in [9.17, 15) is 4.79 Å². The number of aromatic nitrogens is 1. The van der Waals surface area contributed by atoms with Crippen LogP contribution in [0.5, 0.6) is 5.75 Å². The highest BCUT2D eigenvalue weighted by Crippen LogP contribution is 2.31. The van der Waals surface area contributed by atoms with Gasteiger partial charge in [-0.15, -0.1) is 0 Å². The molecule has 1 heterocycles. The lowest BCUT2D eigenvalue weighted by Gasteiger charge is -2.15. The van der Waals surface area contributed by atoms with E-state index in [0.29, 0.717) is 16.5 Å². The molecule has 1 atom stereocenters. The topological polar surface area (TPSA) is 64.4 Å². The fourth-order valence-corrected chi connectivity index (χ4v) is 2.52. The number of halogens is 1. The van der Waals surface area contributed by atoms with Crippen molar-refractivity contribution in [3.63, 3.8) is 0 Å². The van der Waals surface area contributed by atoms with Gasteiger partial charge in [-0.05, 0) is 37.1 Å². The molecule has 0 spiro atoms. The summed E-state index contributed by atoms with van der Waals surface area (Å²) in [6.07, 6.45) is -0.745. The number of anilines is 1. The summed E-state index contributed by atoms with van der Waals surface area (Å²) in [5, 5.41) is 6.76. The molecule has 6 heteroatoms. The highest BCUT2D eigenvalue weighted by Gasteiger charge is 2.18. The summed E-state index contributed by atoms with van der Waals surface area (Å²) < 4.78 is 10.6. The van der Waals surface area contributed by atoms with Gasteiger partial charge in [-0.25, -0.2) is 0 Å². The van der Waals surface area contributed by atoms with Crippen LogP contribution >= 0.6 is 11.6 Å². The van der Waals surface area contributed by atoms with E-state index in [1.807, 2.05) is 42.5 Å². The van der Waals surface area contributed by atoms with E-state index in [1.54, 1.807) is 26.0 Å². The number of nitrogens with one attached hydrogen (secondary N) is 1. The van der Waals surface area contributed by atoms with Gasteiger partial charge in [0.15, 0.2) is 6.10 Å². The van der Waals surface area contributed by atoms with E-state index in [4.69, 9.17) is 20.9 Å². The van der Waals surface area contributed by atoms with Crippen LogP contribution in [0.1, 0.15) is 12.6 Å². The molecule has 25 heavy (non-hydrogen) atoms. The molecule has 128 valence electrons. The standard InChI is InChI=1S/C19H17ClN2O3/c1-12-10-18(25-22-12)21-19(23)13(2)24-17-9-8-15(11-16(17)20)14-6-4-3-5-7-14/h3-11,13H,1-2H3,(H,21,23). The molecule has 0 aliphatic heterocycles. The van der Waals surface area contributed by atoms with Crippen LogP contribution in [0.2, 0.25) is 5.02 Å². The number of ether oxygens (including phenoxy) is 1. The highest BCUT2D eigenvalue weighted by molar-refractivity contribution is 6.32. The second kappa shape index (κ2) is 7.40. The largest absolute Gasteiger partial charge is 0.479 e. The number of nitrogens with zero attached hydrogens (tertiary/aromatic N) is 1. The molecule has 2 aromatic carbocycles. The molecule has 0 aliphatic rings. The van der Waals surface area contributed by atoms with Crippen LogP contribution in [0.25, 0.3) is 11.1 Å². The Morgan fingerprint density at radius 2 is 1.92 bits per heavy atom.